The van der Waals surface area contributed by atoms with Crippen LogP contribution in [0.5, 0.6) is 0 Å². The number of phosphoric ester groups is 2. The minimum absolute atomic E-state index is 0.147. The standard InChI is InChI=1S/C22H22Cl2FN7O12P2/c23-7-1-9-10(2-8(7)24)31(5-27-9)21-17-15(33)11(41-21)3-39-45(35,36)43-16-12(4-40-46(37,38)44-17)42-20(13(16)25)32-6-28-14-18(32)29-22(26)30-19(14)34/h1-2,5-6,11-13,15-17,20-21,33H,3-4H2,(H,35,36)(H,37,38)(H3,26,29,30,34)/t11-,12-,13?,15?,16?,17?,20-,21-/m1/s1. The number of nitrogen functional groups attached to an aromatic ring is 1. The van der Waals surface area contributed by atoms with E-state index in [1.54, 1.807) is 0 Å². The Morgan fingerprint density at radius 3 is 2.33 bits per heavy atom. The minimum atomic E-state index is -5.15. The highest BCUT2D eigenvalue weighted by atomic mass is 35.5. The predicted molar refractivity (Wildman–Crippen MR) is 152 cm³/mol. The highest BCUT2D eigenvalue weighted by Crippen LogP contribution is 2.54. The molecule has 6 heterocycles. The van der Waals surface area contributed by atoms with Crippen LogP contribution < -0.4 is 11.3 Å². The number of imidazole rings is 2. The van der Waals surface area contributed by atoms with E-state index in [9.17, 15) is 28.8 Å². The minimum Gasteiger partial charge on any atom is -0.387 e. The second-order valence-corrected chi connectivity index (χ2v) is 14.0. The van der Waals surface area contributed by atoms with Gasteiger partial charge in [-0.25, -0.2) is 23.5 Å². The Hall–Kier alpha value is -2.55. The van der Waals surface area contributed by atoms with Gasteiger partial charge in [0.2, 0.25) is 5.95 Å². The number of nitrogens with two attached hydrogens (primary N) is 1. The lowest BCUT2D eigenvalue weighted by Crippen LogP contribution is -2.35. The fraction of sp³-hybridized carbons (Fsp3) is 0.455. The van der Waals surface area contributed by atoms with Crippen molar-refractivity contribution < 1.29 is 56.0 Å². The molecular formula is C22H22Cl2FN7O12P2. The maximum atomic E-state index is 15.9. The van der Waals surface area contributed by atoms with E-state index < -0.39 is 83.6 Å². The van der Waals surface area contributed by atoms with Crippen LogP contribution in [0.3, 0.4) is 0 Å². The quantitative estimate of drug-likeness (QED) is 0.184. The van der Waals surface area contributed by atoms with Crippen LogP contribution >= 0.6 is 38.8 Å². The van der Waals surface area contributed by atoms with Gasteiger partial charge >= 0.3 is 15.6 Å². The number of fused-ring (bicyclic) bond motifs is 5. The number of alkyl halides is 1. The smallest absolute Gasteiger partial charge is 0.387 e. The molecule has 3 aromatic heterocycles. The van der Waals surface area contributed by atoms with Gasteiger partial charge in [0.05, 0.1) is 46.9 Å². The van der Waals surface area contributed by atoms with Crippen molar-refractivity contribution >= 4 is 67.0 Å². The first-order valence-corrected chi connectivity index (χ1v) is 16.9. The maximum absolute atomic E-state index is 15.9. The summed E-state index contributed by atoms with van der Waals surface area (Å²) in [6.07, 6.45) is -11.5. The Labute approximate surface area is 265 Å². The monoisotopic (exact) mass is 727 g/mol. The number of nitrogens with one attached hydrogen (secondary N) is 1. The zero-order valence-electron chi connectivity index (χ0n) is 22.7. The molecule has 0 saturated carbocycles. The number of anilines is 1. The summed E-state index contributed by atoms with van der Waals surface area (Å²) in [5.41, 5.74) is 5.17. The van der Waals surface area contributed by atoms with E-state index in [0.29, 0.717) is 11.0 Å². The van der Waals surface area contributed by atoms with E-state index >= 15 is 4.39 Å². The number of phosphoric acid groups is 2. The summed E-state index contributed by atoms with van der Waals surface area (Å²) in [5.74, 6) is -0.311. The van der Waals surface area contributed by atoms with Gasteiger partial charge < -0.3 is 34.7 Å². The Kier molecular flexibility index (Phi) is 8.04. The molecule has 46 heavy (non-hydrogen) atoms. The van der Waals surface area contributed by atoms with Crippen LogP contribution in [0.4, 0.5) is 10.3 Å². The summed E-state index contributed by atoms with van der Waals surface area (Å²) in [7, 11) is -10.3. The molecule has 3 saturated heterocycles. The number of nitrogens with zero attached hydrogens (tertiary/aromatic N) is 5. The largest absolute Gasteiger partial charge is 0.472 e. The molecule has 0 aliphatic carbocycles. The number of aromatic nitrogens is 6. The van der Waals surface area contributed by atoms with Gasteiger partial charge in [-0.2, -0.15) is 4.98 Å². The van der Waals surface area contributed by atoms with Crippen molar-refractivity contribution in [2.75, 3.05) is 18.9 Å². The van der Waals surface area contributed by atoms with E-state index in [-0.39, 0.29) is 27.2 Å². The second kappa shape index (κ2) is 11.6. The molecule has 24 heteroatoms. The molecule has 19 nitrogen and oxygen atoms in total. The fourth-order valence-electron chi connectivity index (χ4n) is 5.43. The van der Waals surface area contributed by atoms with E-state index in [1.807, 2.05) is 0 Å². The molecule has 0 spiro atoms. The van der Waals surface area contributed by atoms with Crippen molar-refractivity contribution in [1.82, 2.24) is 29.1 Å². The summed E-state index contributed by atoms with van der Waals surface area (Å²) >= 11 is 12.2. The van der Waals surface area contributed by atoms with Crippen molar-refractivity contribution in [3.05, 3.63) is 45.2 Å². The first-order chi connectivity index (χ1) is 21.7. The third-order valence-electron chi connectivity index (χ3n) is 7.51. The third-order valence-corrected chi connectivity index (χ3v) is 10.2. The zero-order chi connectivity index (χ0) is 32.7. The number of halogens is 3. The predicted octanol–water partition coefficient (Wildman–Crippen LogP) is 1.57. The van der Waals surface area contributed by atoms with Gasteiger partial charge in [-0.15, -0.1) is 0 Å². The van der Waals surface area contributed by atoms with Crippen molar-refractivity contribution in [1.29, 1.82) is 0 Å². The lowest BCUT2D eigenvalue weighted by atomic mass is 10.1. The molecule has 10 atom stereocenters. The Bertz CT molecular complexity index is 2000. The molecule has 0 amide bonds. The molecule has 3 fully saturated rings. The van der Waals surface area contributed by atoms with E-state index in [0.717, 1.165) is 10.9 Å². The van der Waals surface area contributed by atoms with E-state index in [2.05, 4.69) is 19.9 Å². The SMILES string of the molecule is Nc1nc2c(ncn2[C@@H]2O[C@@H]3COP(=O)(O)OC4C(O)[C@@H](COP(=O)(O)OC3C2F)O[C@H]4n2cnc3cc(Cl)c(Cl)cc32)c(=O)[nH]1. The average Bonchev–Trinajstić information content (AvgIpc) is 3.72. The van der Waals surface area contributed by atoms with Crippen LogP contribution in [0, 0.1) is 0 Å². The topological polar surface area (TPSA) is 258 Å². The normalized spacial score (nSPS) is 37.2. The summed E-state index contributed by atoms with van der Waals surface area (Å²) < 4.78 is 76.7. The van der Waals surface area contributed by atoms with E-state index in [1.165, 1.54) is 23.0 Å². The number of aliphatic hydroxyl groups excluding tert-OH is 1. The van der Waals surface area contributed by atoms with E-state index in [4.69, 9.17) is 56.5 Å². The van der Waals surface area contributed by atoms with Crippen LogP contribution in [0.15, 0.2) is 29.6 Å². The van der Waals surface area contributed by atoms with Gasteiger partial charge in [0, 0.05) is 0 Å². The highest BCUT2D eigenvalue weighted by molar-refractivity contribution is 7.47. The number of aliphatic hydroxyl groups is 1. The Morgan fingerprint density at radius 2 is 1.59 bits per heavy atom. The van der Waals surface area contributed by atoms with Crippen molar-refractivity contribution in [3.8, 4) is 0 Å². The number of aromatic amines is 1. The summed E-state index contributed by atoms with van der Waals surface area (Å²) in [6, 6.07) is 2.90. The van der Waals surface area contributed by atoms with Crippen molar-refractivity contribution in [3.63, 3.8) is 0 Å². The summed E-state index contributed by atoms with van der Waals surface area (Å²) in [4.78, 5) is 47.7. The zero-order valence-corrected chi connectivity index (χ0v) is 26.0. The fourth-order valence-corrected chi connectivity index (χ4v) is 7.63. The lowest BCUT2D eigenvalue weighted by Gasteiger charge is -2.25. The molecule has 7 rings (SSSR count). The molecule has 3 aliphatic heterocycles. The molecule has 248 valence electrons. The number of hydrogen-bond donors (Lipinski definition) is 5. The first-order valence-electron chi connectivity index (χ1n) is 13.2. The van der Waals surface area contributed by atoms with Crippen LogP contribution in [0.2, 0.25) is 10.0 Å². The number of H-pyrrole nitrogens is 1. The number of hydrogen-bond acceptors (Lipinski definition) is 14. The Morgan fingerprint density at radius 1 is 0.957 bits per heavy atom. The van der Waals surface area contributed by atoms with Crippen LogP contribution in [-0.4, -0.2) is 93.9 Å². The lowest BCUT2D eigenvalue weighted by molar-refractivity contribution is -0.0669. The highest BCUT2D eigenvalue weighted by Gasteiger charge is 2.54. The molecule has 1 aromatic carbocycles. The van der Waals surface area contributed by atoms with Crippen LogP contribution in [-0.2, 0) is 36.7 Å². The Balaban J connectivity index is 1.21. The average molecular weight is 728 g/mol. The summed E-state index contributed by atoms with van der Waals surface area (Å²) in [6.45, 7) is -1.75. The first kappa shape index (κ1) is 32.0. The maximum Gasteiger partial charge on any atom is 0.472 e. The third kappa shape index (κ3) is 5.66. The molecule has 6 N–H and O–H groups in total. The van der Waals surface area contributed by atoms with Gasteiger partial charge in [0.1, 0.15) is 30.5 Å². The number of ether oxygens (including phenoxy) is 2. The molecule has 3 aliphatic rings. The van der Waals surface area contributed by atoms with Gasteiger partial charge in [0.25, 0.3) is 5.56 Å². The number of rotatable bonds is 2. The molecule has 6 unspecified atom stereocenters. The van der Waals surface area contributed by atoms with Gasteiger partial charge in [0.15, 0.2) is 29.8 Å². The molecular weight excluding hydrogens is 706 g/mol. The molecule has 0 radical (unpaired) electrons. The van der Waals surface area contributed by atoms with Crippen LogP contribution in [0.1, 0.15) is 12.5 Å². The van der Waals surface area contributed by atoms with Gasteiger partial charge in [-0.1, -0.05) is 23.2 Å². The molecule has 4 aromatic rings. The number of benzene rings is 1. The van der Waals surface area contributed by atoms with Crippen LogP contribution in [0.25, 0.3) is 22.2 Å². The van der Waals surface area contributed by atoms with Gasteiger partial charge in [-0.05, 0) is 12.1 Å². The van der Waals surface area contributed by atoms with Crippen molar-refractivity contribution in [2.45, 2.75) is 49.1 Å². The molecule has 2 bridgehead atoms. The van der Waals surface area contributed by atoms with Crippen molar-refractivity contribution in [2.24, 2.45) is 0 Å². The van der Waals surface area contributed by atoms with Gasteiger partial charge in [-0.3, -0.25) is 32.4 Å². The summed E-state index contributed by atoms with van der Waals surface area (Å²) in [5, 5.41) is 11.4. The second-order valence-electron chi connectivity index (χ2n) is 10.4.